The molecule has 3 heteroatoms. The molecule has 0 amide bonds. The van der Waals surface area contributed by atoms with E-state index in [1.54, 1.807) is 0 Å². The summed E-state index contributed by atoms with van der Waals surface area (Å²) in [5.41, 5.74) is -0.169. The number of rotatable bonds is 5. The van der Waals surface area contributed by atoms with Crippen LogP contribution in [0.15, 0.2) is 0 Å². The molecule has 1 saturated carbocycles. The van der Waals surface area contributed by atoms with Crippen LogP contribution in [0.25, 0.3) is 0 Å². The SMILES string of the molecule is CCOC1(CC=O)CCCN(C2CC2)C1. The number of carbonyl (C=O) groups is 1. The van der Waals surface area contributed by atoms with E-state index in [4.69, 9.17) is 4.74 Å². The molecular weight excluding hydrogens is 190 g/mol. The minimum absolute atomic E-state index is 0.169. The molecule has 3 nitrogen and oxygen atoms in total. The average molecular weight is 211 g/mol. The zero-order chi connectivity index (χ0) is 10.7. The maximum atomic E-state index is 10.7. The predicted octanol–water partition coefficient (Wildman–Crippen LogP) is 1.61. The van der Waals surface area contributed by atoms with E-state index in [0.29, 0.717) is 13.0 Å². The van der Waals surface area contributed by atoms with E-state index >= 15 is 0 Å². The standard InChI is InChI=1S/C12H21NO2/c1-2-15-12(7-9-14)6-3-8-13(10-12)11-4-5-11/h9,11H,2-8,10H2,1H3. The van der Waals surface area contributed by atoms with Crippen LogP contribution in [0.5, 0.6) is 0 Å². The molecule has 0 aromatic heterocycles. The van der Waals surface area contributed by atoms with Crippen LogP contribution < -0.4 is 0 Å². The molecule has 2 fully saturated rings. The van der Waals surface area contributed by atoms with Gasteiger partial charge in [0.2, 0.25) is 0 Å². The number of aldehydes is 1. The molecular formula is C12H21NO2. The van der Waals surface area contributed by atoms with Gasteiger partial charge in [-0.2, -0.15) is 0 Å². The third-order valence-electron chi connectivity index (χ3n) is 3.54. The van der Waals surface area contributed by atoms with E-state index in [9.17, 15) is 4.79 Å². The lowest BCUT2D eigenvalue weighted by molar-refractivity contribution is -0.123. The number of likely N-dealkylation sites (tertiary alicyclic amines) is 1. The monoisotopic (exact) mass is 211 g/mol. The molecule has 2 rings (SSSR count). The molecule has 0 aromatic carbocycles. The fraction of sp³-hybridized carbons (Fsp3) is 0.917. The molecule has 0 N–H and O–H groups in total. The van der Waals surface area contributed by atoms with Gasteiger partial charge in [0.1, 0.15) is 6.29 Å². The summed E-state index contributed by atoms with van der Waals surface area (Å²) in [5.74, 6) is 0. The summed E-state index contributed by atoms with van der Waals surface area (Å²) in [5, 5.41) is 0. The molecule has 1 heterocycles. The second-order valence-electron chi connectivity index (χ2n) is 4.79. The maximum absolute atomic E-state index is 10.7. The van der Waals surface area contributed by atoms with Crippen LogP contribution in [0, 0.1) is 0 Å². The number of nitrogens with zero attached hydrogens (tertiary/aromatic N) is 1. The van der Waals surface area contributed by atoms with Crippen molar-refractivity contribution in [2.45, 2.75) is 50.7 Å². The summed E-state index contributed by atoms with van der Waals surface area (Å²) in [7, 11) is 0. The summed E-state index contributed by atoms with van der Waals surface area (Å²) < 4.78 is 5.85. The first-order valence-corrected chi connectivity index (χ1v) is 6.11. The van der Waals surface area contributed by atoms with Crippen molar-refractivity contribution >= 4 is 6.29 Å². The smallest absolute Gasteiger partial charge is 0.122 e. The molecule has 0 spiro atoms. The van der Waals surface area contributed by atoms with Gasteiger partial charge in [0.15, 0.2) is 0 Å². The Morgan fingerprint density at radius 2 is 2.33 bits per heavy atom. The first-order chi connectivity index (χ1) is 7.29. The van der Waals surface area contributed by atoms with Crippen LogP contribution in [0.2, 0.25) is 0 Å². The Hall–Kier alpha value is -0.410. The van der Waals surface area contributed by atoms with Crippen LogP contribution in [0.1, 0.15) is 39.0 Å². The first kappa shape index (κ1) is 11.1. The summed E-state index contributed by atoms with van der Waals surface area (Å²) in [4.78, 5) is 13.3. The fourth-order valence-electron chi connectivity index (χ4n) is 2.69. The van der Waals surface area contributed by atoms with Gasteiger partial charge in [0, 0.05) is 25.6 Å². The number of piperidine rings is 1. The van der Waals surface area contributed by atoms with E-state index in [0.717, 1.165) is 25.3 Å². The zero-order valence-electron chi connectivity index (χ0n) is 9.58. The second-order valence-corrected chi connectivity index (χ2v) is 4.79. The van der Waals surface area contributed by atoms with Gasteiger partial charge in [-0.05, 0) is 39.2 Å². The highest BCUT2D eigenvalue weighted by Crippen LogP contribution is 2.35. The van der Waals surface area contributed by atoms with Gasteiger partial charge in [-0.25, -0.2) is 0 Å². The van der Waals surface area contributed by atoms with E-state index in [1.165, 1.54) is 25.8 Å². The molecule has 1 aliphatic heterocycles. The second kappa shape index (κ2) is 4.62. The Bertz CT molecular complexity index is 224. The van der Waals surface area contributed by atoms with E-state index < -0.39 is 0 Å². The van der Waals surface area contributed by atoms with E-state index in [1.807, 2.05) is 6.92 Å². The summed E-state index contributed by atoms with van der Waals surface area (Å²) in [6.07, 6.45) is 6.47. The lowest BCUT2D eigenvalue weighted by Gasteiger charge is -2.41. The quantitative estimate of drug-likeness (QED) is 0.647. The minimum atomic E-state index is -0.169. The zero-order valence-corrected chi connectivity index (χ0v) is 9.58. The maximum Gasteiger partial charge on any atom is 0.122 e. The predicted molar refractivity (Wildman–Crippen MR) is 58.9 cm³/mol. The lowest BCUT2D eigenvalue weighted by Crippen LogP contribution is -2.50. The fourth-order valence-corrected chi connectivity index (χ4v) is 2.69. The van der Waals surface area contributed by atoms with Gasteiger partial charge in [-0.1, -0.05) is 0 Å². The average Bonchev–Trinajstić information content (AvgIpc) is 3.02. The van der Waals surface area contributed by atoms with Gasteiger partial charge in [0.25, 0.3) is 0 Å². The van der Waals surface area contributed by atoms with Gasteiger partial charge < -0.3 is 9.53 Å². The number of carbonyl (C=O) groups excluding carboxylic acids is 1. The highest BCUT2D eigenvalue weighted by atomic mass is 16.5. The van der Waals surface area contributed by atoms with Crippen molar-refractivity contribution in [3.05, 3.63) is 0 Å². The topological polar surface area (TPSA) is 29.5 Å². The van der Waals surface area contributed by atoms with E-state index in [2.05, 4.69) is 4.90 Å². The molecule has 0 radical (unpaired) electrons. The largest absolute Gasteiger partial charge is 0.374 e. The van der Waals surface area contributed by atoms with Crippen LogP contribution >= 0.6 is 0 Å². The van der Waals surface area contributed by atoms with Gasteiger partial charge >= 0.3 is 0 Å². The molecule has 1 aliphatic carbocycles. The van der Waals surface area contributed by atoms with Crippen LogP contribution in [-0.4, -0.2) is 42.5 Å². The number of hydrogen-bond donors (Lipinski definition) is 0. The van der Waals surface area contributed by atoms with E-state index in [-0.39, 0.29) is 5.60 Å². The van der Waals surface area contributed by atoms with Crippen LogP contribution in [-0.2, 0) is 9.53 Å². The van der Waals surface area contributed by atoms with Crippen molar-refractivity contribution in [1.82, 2.24) is 4.90 Å². The Labute approximate surface area is 91.8 Å². The molecule has 1 saturated heterocycles. The molecule has 15 heavy (non-hydrogen) atoms. The number of hydrogen-bond acceptors (Lipinski definition) is 3. The Morgan fingerprint density at radius 3 is 2.93 bits per heavy atom. The third-order valence-corrected chi connectivity index (χ3v) is 3.54. The van der Waals surface area contributed by atoms with Crippen molar-refractivity contribution in [2.24, 2.45) is 0 Å². The van der Waals surface area contributed by atoms with Crippen LogP contribution in [0.4, 0.5) is 0 Å². The molecule has 86 valence electrons. The molecule has 0 bridgehead atoms. The first-order valence-electron chi connectivity index (χ1n) is 6.11. The van der Waals surface area contributed by atoms with Crippen molar-refractivity contribution in [1.29, 1.82) is 0 Å². The third kappa shape index (κ3) is 2.58. The Kier molecular flexibility index (Phi) is 3.42. The highest BCUT2D eigenvalue weighted by molar-refractivity contribution is 5.51. The molecule has 2 aliphatic rings. The summed E-state index contributed by atoms with van der Waals surface area (Å²) in [6.45, 7) is 4.89. The summed E-state index contributed by atoms with van der Waals surface area (Å²) >= 11 is 0. The molecule has 1 atom stereocenters. The lowest BCUT2D eigenvalue weighted by atomic mass is 9.89. The van der Waals surface area contributed by atoms with Gasteiger partial charge in [-0.3, -0.25) is 4.90 Å². The number of ether oxygens (including phenoxy) is 1. The molecule has 1 unspecified atom stereocenters. The van der Waals surface area contributed by atoms with Gasteiger partial charge in [0.05, 0.1) is 5.60 Å². The van der Waals surface area contributed by atoms with Crippen molar-refractivity contribution in [3.63, 3.8) is 0 Å². The Morgan fingerprint density at radius 1 is 1.53 bits per heavy atom. The van der Waals surface area contributed by atoms with Crippen molar-refractivity contribution in [2.75, 3.05) is 19.7 Å². The summed E-state index contributed by atoms with van der Waals surface area (Å²) in [6, 6.07) is 0.789. The highest BCUT2D eigenvalue weighted by Gasteiger charge is 2.40. The minimum Gasteiger partial charge on any atom is -0.374 e. The normalized spacial score (nSPS) is 32.9. The van der Waals surface area contributed by atoms with Gasteiger partial charge in [-0.15, -0.1) is 0 Å². The van der Waals surface area contributed by atoms with Crippen molar-refractivity contribution < 1.29 is 9.53 Å². The Balaban J connectivity index is 1.98. The van der Waals surface area contributed by atoms with Crippen molar-refractivity contribution in [3.8, 4) is 0 Å². The van der Waals surface area contributed by atoms with Crippen LogP contribution in [0.3, 0.4) is 0 Å². The molecule has 0 aromatic rings.